The summed E-state index contributed by atoms with van der Waals surface area (Å²) in [6.45, 7) is 0.728. The highest BCUT2D eigenvalue weighted by Gasteiger charge is 2.30. The molecule has 1 amide bonds. The second-order valence-electron chi connectivity index (χ2n) is 6.17. The van der Waals surface area contributed by atoms with Gasteiger partial charge in [-0.15, -0.1) is 0 Å². The maximum Gasteiger partial charge on any atom is 0.227 e. The van der Waals surface area contributed by atoms with Gasteiger partial charge in [-0.2, -0.15) is 0 Å². The molecular formula is C20H23NO4. The van der Waals surface area contributed by atoms with Crippen LogP contribution < -0.4 is 9.47 Å². The van der Waals surface area contributed by atoms with Gasteiger partial charge in [0.05, 0.1) is 26.7 Å². The first-order valence-electron chi connectivity index (χ1n) is 8.42. The second kappa shape index (κ2) is 7.47. The summed E-state index contributed by atoms with van der Waals surface area (Å²) in [6, 6.07) is 12.8. The number of amides is 1. The van der Waals surface area contributed by atoms with E-state index in [0.717, 1.165) is 24.9 Å². The van der Waals surface area contributed by atoms with Gasteiger partial charge in [0.25, 0.3) is 0 Å². The minimum absolute atomic E-state index is 0.0261. The molecule has 5 nitrogen and oxygen atoms in total. The molecule has 132 valence electrons. The molecule has 1 aliphatic heterocycles. The first-order valence-corrected chi connectivity index (χ1v) is 8.42. The number of nitrogens with zero attached hydrogens (tertiary/aromatic N) is 1. The standard InChI is InChI=1S/C20H23NO4/c1-24-18-10-9-14(12-19(18)25-2)16-7-5-11-21(16)20(23)13-15-6-3-4-8-17(15)22/h3-4,6,8-10,12,16,22H,5,7,11,13H2,1-2H3/t16-/m0/s1. The zero-order valence-electron chi connectivity index (χ0n) is 14.6. The van der Waals surface area contributed by atoms with E-state index in [2.05, 4.69) is 0 Å². The van der Waals surface area contributed by atoms with Crippen molar-refractivity contribution in [2.24, 2.45) is 0 Å². The second-order valence-corrected chi connectivity index (χ2v) is 6.17. The Labute approximate surface area is 147 Å². The van der Waals surface area contributed by atoms with Crippen molar-refractivity contribution >= 4 is 5.91 Å². The lowest BCUT2D eigenvalue weighted by Crippen LogP contribution is -2.31. The summed E-state index contributed by atoms with van der Waals surface area (Å²) in [5, 5.41) is 9.91. The summed E-state index contributed by atoms with van der Waals surface area (Å²) in [6.07, 6.45) is 2.09. The lowest BCUT2D eigenvalue weighted by Gasteiger charge is -2.26. The van der Waals surface area contributed by atoms with Gasteiger partial charge in [-0.1, -0.05) is 24.3 Å². The van der Waals surface area contributed by atoms with Gasteiger partial charge in [0, 0.05) is 12.1 Å². The van der Waals surface area contributed by atoms with E-state index >= 15 is 0 Å². The Hall–Kier alpha value is -2.69. The number of benzene rings is 2. The number of rotatable bonds is 5. The van der Waals surface area contributed by atoms with Crippen LogP contribution in [0.25, 0.3) is 0 Å². The Bertz CT molecular complexity index is 759. The topological polar surface area (TPSA) is 59.0 Å². The van der Waals surface area contributed by atoms with E-state index in [9.17, 15) is 9.90 Å². The van der Waals surface area contributed by atoms with Crippen LogP contribution in [-0.2, 0) is 11.2 Å². The third-order valence-electron chi connectivity index (χ3n) is 4.70. The quantitative estimate of drug-likeness (QED) is 0.906. The van der Waals surface area contributed by atoms with E-state index in [1.165, 1.54) is 0 Å². The van der Waals surface area contributed by atoms with Gasteiger partial charge in [0.1, 0.15) is 5.75 Å². The van der Waals surface area contributed by atoms with Crippen molar-refractivity contribution in [1.82, 2.24) is 4.90 Å². The Kier molecular flexibility index (Phi) is 5.12. The first-order chi connectivity index (χ1) is 12.1. The third-order valence-corrected chi connectivity index (χ3v) is 4.70. The van der Waals surface area contributed by atoms with Crippen LogP contribution in [0.5, 0.6) is 17.2 Å². The lowest BCUT2D eigenvalue weighted by molar-refractivity contribution is -0.131. The summed E-state index contributed by atoms with van der Waals surface area (Å²) in [5.41, 5.74) is 1.70. The Morgan fingerprint density at radius 1 is 1.16 bits per heavy atom. The maximum atomic E-state index is 12.8. The van der Waals surface area contributed by atoms with Gasteiger partial charge >= 0.3 is 0 Å². The smallest absolute Gasteiger partial charge is 0.227 e. The molecule has 1 atom stereocenters. The molecule has 5 heteroatoms. The molecule has 1 N–H and O–H groups in total. The number of ether oxygens (including phenoxy) is 2. The molecule has 25 heavy (non-hydrogen) atoms. The van der Waals surface area contributed by atoms with Crippen LogP contribution in [0.15, 0.2) is 42.5 Å². The van der Waals surface area contributed by atoms with E-state index in [-0.39, 0.29) is 24.1 Å². The monoisotopic (exact) mass is 341 g/mol. The fraction of sp³-hybridized carbons (Fsp3) is 0.350. The molecule has 2 aromatic carbocycles. The number of para-hydroxylation sites is 1. The van der Waals surface area contributed by atoms with Crippen molar-refractivity contribution in [3.05, 3.63) is 53.6 Å². The van der Waals surface area contributed by atoms with Gasteiger partial charge in [0.15, 0.2) is 11.5 Å². The van der Waals surface area contributed by atoms with Crippen LogP contribution in [0.4, 0.5) is 0 Å². The molecule has 1 aliphatic rings. The summed E-state index contributed by atoms with van der Waals surface area (Å²) in [7, 11) is 3.21. The fourth-order valence-electron chi connectivity index (χ4n) is 3.40. The molecule has 1 fully saturated rings. The predicted octanol–water partition coefficient (Wildman–Crippen LogP) is 3.32. The molecule has 0 spiro atoms. The van der Waals surface area contributed by atoms with E-state index in [1.807, 2.05) is 29.2 Å². The molecule has 2 aromatic rings. The highest BCUT2D eigenvalue weighted by molar-refractivity contribution is 5.80. The van der Waals surface area contributed by atoms with Crippen molar-refractivity contribution in [3.63, 3.8) is 0 Å². The van der Waals surface area contributed by atoms with Crippen molar-refractivity contribution in [2.75, 3.05) is 20.8 Å². The number of carbonyl (C=O) groups excluding carboxylic acids is 1. The van der Waals surface area contributed by atoms with Gasteiger partial charge in [-0.05, 0) is 36.6 Å². The zero-order chi connectivity index (χ0) is 17.8. The van der Waals surface area contributed by atoms with Crippen LogP contribution >= 0.6 is 0 Å². The number of aromatic hydroxyl groups is 1. The molecule has 1 heterocycles. The summed E-state index contributed by atoms with van der Waals surface area (Å²) in [5.74, 6) is 1.54. The molecule has 3 rings (SSSR count). The highest BCUT2D eigenvalue weighted by Crippen LogP contribution is 2.37. The molecule has 0 aromatic heterocycles. The number of phenols is 1. The fourth-order valence-corrected chi connectivity index (χ4v) is 3.40. The maximum absolute atomic E-state index is 12.8. The van der Waals surface area contributed by atoms with Crippen LogP contribution in [-0.4, -0.2) is 36.7 Å². The van der Waals surface area contributed by atoms with Crippen LogP contribution in [0.1, 0.15) is 30.0 Å². The third kappa shape index (κ3) is 3.55. The average Bonchev–Trinajstić information content (AvgIpc) is 3.13. The van der Waals surface area contributed by atoms with Crippen molar-refractivity contribution in [2.45, 2.75) is 25.3 Å². The number of methoxy groups -OCH3 is 2. The Morgan fingerprint density at radius 3 is 2.64 bits per heavy atom. The van der Waals surface area contributed by atoms with Crippen LogP contribution in [0, 0.1) is 0 Å². The van der Waals surface area contributed by atoms with Gasteiger partial charge in [-0.3, -0.25) is 4.79 Å². The molecule has 0 bridgehead atoms. The first kappa shape index (κ1) is 17.1. The van der Waals surface area contributed by atoms with Crippen LogP contribution in [0.3, 0.4) is 0 Å². The molecular weight excluding hydrogens is 318 g/mol. The number of likely N-dealkylation sites (tertiary alicyclic amines) is 1. The van der Waals surface area contributed by atoms with E-state index in [4.69, 9.17) is 9.47 Å². The number of carbonyl (C=O) groups is 1. The molecule has 1 saturated heterocycles. The van der Waals surface area contributed by atoms with E-state index in [1.54, 1.807) is 32.4 Å². The number of hydrogen-bond donors (Lipinski definition) is 1. The van der Waals surface area contributed by atoms with Crippen molar-refractivity contribution < 1.29 is 19.4 Å². The SMILES string of the molecule is COc1ccc([C@@H]2CCCN2C(=O)Cc2ccccc2O)cc1OC. The van der Waals surface area contributed by atoms with E-state index < -0.39 is 0 Å². The lowest BCUT2D eigenvalue weighted by atomic mass is 10.0. The summed E-state index contributed by atoms with van der Waals surface area (Å²) < 4.78 is 10.7. The zero-order valence-corrected chi connectivity index (χ0v) is 14.6. The molecule has 0 unspecified atom stereocenters. The summed E-state index contributed by atoms with van der Waals surface area (Å²) >= 11 is 0. The van der Waals surface area contributed by atoms with E-state index in [0.29, 0.717) is 17.1 Å². The van der Waals surface area contributed by atoms with Crippen molar-refractivity contribution in [1.29, 1.82) is 0 Å². The van der Waals surface area contributed by atoms with Gasteiger partial charge < -0.3 is 19.5 Å². The average molecular weight is 341 g/mol. The molecule has 0 radical (unpaired) electrons. The van der Waals surface area contributed by atoms with Gasteiger partial charge in [0.2, 0.25) is 5.91 Å². The largest absolute Gasteiger partial charge is 0.508 e. The number of hydrogen-bond acceptors (Lipinski definition) is 4. The van der Waals surface area contributed by atoms with Crippen molar-refractivity contribution in [3.8, 4) is 17.2 Å². The normalized spacial score (nSPS) is 16.7. The molecule has 0 aliphatic carbocycles. The van der Waals surface area contributed by atoms with Crippen LogP contribution in [0.2, 0.25) is 0 Å². The Morgan fingerprint density at radius 2 is 1.92 bits per heavy atom. The minimum atomic E-state index is 0.0261. The predicted molar refractivity (Wildman–Crippen MR) is 95.0 cm³/mol. The minimum Gasteiger partial charge on any atom is -0.508 e. The number of phenolic OH excluding ortho intramolecular Hbond substituents is 1. The Balaban J connectivity index is 1.80. The van der Waals surface area contributed by atoms with Gasteiger partial charge in [-0.25, -0.2) is 0 Å². The molecule has 0 saturated carbocycles. The highest BCUT2D eigenvalue weighted by atomic mass is 16.5. The summed E-state index contributed by atoms with van der Waals surface area (Å²) in [4.78, 5) is 14.7.